The average molecular weight is 341 g/mol. The van der Waals surface area contributed by atoms with E-state index in [-0.39, 0.29) is 0 Å². The van der Waals surface area contributed by atoms with Crippen molar-refractivity contribution in [2.75, 3.05) is 0 Å². The number of benzene rings is 2. The summed E-state index contributed by atoms with van der Waals surface area (Å²) in [4.78, 5) is 4.62. The topological polar surface area (TPSA) is 12.9 Å². The second-order valence-electron chi connectivity index (χ2n) is 4.17. The Labute approximate surface area is 135 Å². The normalized spacial score (nSPS) is 10.8. The quantitative estimate of drug-likeness (QED) is 0.523. The van der Waals surface area contributed by atoms with Gasteiger partial charge in [0.2, 0.25) is 0 Å². The molecule has 0 aliphatic rings. The second kappa shape index (κ2) is 5.74. The van der Waals surface area contributed by atoms with E-state index in [1.54, 1.807) is 17.4 Å². The Morgan fingerprint density at radius 1 is 0.850 bits per heavy atom. The summed E-state index contributed by atoms with van der Waals surface area (Å²) in [7, 11) is 0. The Morgan fingerprint density at radius 2 is 1.55 bits per heavy atom. The lowest BCUT2D eigenvalue weighted by Crippen LogP contribution is -1.81. The Kier molecular flexibility index (Phi) is 3.99. The van der Waals surface area contributed by atoms with Gasteiger partial charge in [-0.05, 0) is 30.3 Å². The highest BCUT2D eigenvalue weighted by atomic mass is 35.5. The van der Waals surface area contributed by atoms with Gasteiger partial charge in [0.1, 0.15) is 5.01 Å². The van der Waals surface area contributed by atoms with Gasteiger partial charge in [0, 0.05) is 26.6 Å². The van der Waals surface area contributed by atoms with Crippen LogP contribution in [0.3, 0.4) is 0 Å². The van der Waals surface area contributed by atoms with Crippen LogP contribution in [0.4, 0.5) is 0 Å². The first-order valence-electron chi connectivity index (χ1n) is 5.80. The monoisotopic (exact) mass is 339 g/mol. The third-order valence-electron chi connectivity index (χ3n) is 2.80. The standard InChI is InChI=1S/C15H8Cl3NS/c16-10-3-1-9(2-4-10)15-19-14(8-20-15)12-6-5-11(17)7-13(12)18/h1-8H. The lowest BCUT2D eigenvalue weighted by atomic mass is 10.2. The van der Waals surface area contributed by atoms with Crippen LogP contribution in [0.5, 0.6) is 0 Å². The number of hydrogen-bond donors (Lipinski definition) is 0. The van der Waals surface area contributed by atoms with E-state index < -0.39 is 0 Å². The minimum absolute atomic E-state index is 0.602. The van der Waals surface area contributed by atoms with Crippen LogP contribution in [0, 0.1) is 0 Å². The van der Waals surface area contributed by atoms with Crippen molar-refractivity contribution in [2.24, 2.45) is 0 Å². The molecule has 0 fully saturated rings. The molecular weight excluding hydrogens is 333 g/mol. The van der Waals surface area contributed by atoms with Gasteiger partial charge >= 0.3 is 0 Å². The number of thiazole rings is 1. The van der Waals surface area contributed by atoms with Crippen LogP contribution in [-0.4, -0.2) is 4.98 Å². The molecule has 1 nitrogen and oxygen atoms in total. The summed E-state index contributed by atoms with van der Waals surface area (Å²) in [6.45, 7) is 0. The summed E-state index contributed by atoms with van der Waals surface area (Å²) in [6.07, 6.45) is 0. The second-order valence-corrected chi connectivity index (χ2v) is 6.31. The van der Waals surface area contributed by atoms with Crippen molar-refractivity contribution >= 4 is 46.1 Å². The van der Waals surface area contributed by atoms with Gasteiger partial charge in [-0.1, -0.05) is 46.9 Å². The van der Waals surface area contributed by atoms with E-state index in [9.17, 15) is 0 Å². The largest absolute Gasteiger partial charge is 0.236 e. The van der Waals surface area contributed by atoms with Gasteiger partial charge in [-0.3, -0.25) is 0 Å². The molecule has 0 N–H and O–H groups in total. The van der Waals surface area contributed by atoms with E-state index in [0.717, 1.165) is 21.8 Å². The Morgan fingerprint density at radius 3 is 2.25 bits per heavy atom. The lowest BCUT2D eigenvalue weighted by Gasteiger charge is -2.01. The highest BCUT2D eigenvalue weighted by Gasteiger charge is 2.10. The molecule has 1 heterocycles. The molecule has 3 aromatic rings. The van der Waals surface area contributed by atoms with Gasteiger partial charge in [-0.15, -0.1) is 11.3 Å². The minimum atomic E-state index is 0.602. The number of halogens is 3. The zero-order valence-corrected chi connectivity index (χ0v) is 13.2. The fourth-order valence-corrected chi connectivity index (χ4v) is 3.28. The molecule has 5 heteroatoms. The van der Waals surface area contributed by atoms with Gasteiger partial charge in [-0.25, -0.2) is 4.98 Å². The maximum absolute atomic E-state index is 6.20. The Balaban J connectivity index is 1.99. The lowest BCUT2D eigenvalue weighted by molar-refractivity contribution is 1.40. The molecule has 0 saturated carbocycles. The van der Waals surface area contributed by atoms with Gasteiger partial charge in [0.15, 0.2) is 0 Å². The first-order chi connectivity index (χ1) is 9.63. The van der Waals surface area contributed by atoms with Crippen LogP contribution in [0.25, 0.3) is 21.8 Å². The molecule has 0 aliphatic heterocycles. The molecule has 0 aliphatic carbocycles. The van der Waals surface area contributed by atoms with E-state index in [1.165, 1.54) is 0 Å². The number of nitrogens with zero attached hydrogens (tertiary/aromatic N) is 1. The first kappa shape index (κ1) is 13.9. The summed E-state index contributed by atoms with van der Waals surface area (Å²) in [5, 5.41) is 4.85. The minimum Gasteiger partial charge on any atom is -0.236 e. The molecule has 20 heavy (non-hydrogen) atoms. The van der Waals surface area contributed by atoms with Gasteiger partial charge in [0.05, 0.1) is 10.7 Å². The molecular formula is C15H8Cl3NS. The highest BCUT2D eigenvalue weighted by Crippen LogP contribution is 2.34. The summed E-state index contributed by atoms with van der Waals surface area (Å²) >= 11 is 19.6. The molecule has 0 radical (unpaired) electrons. The molecule has 0 bridgehead atoms. The molecule has 2 aromatic carbocycles. The molecule has 0 atom stereocenters. The molecule has 100 valence electrons. The van der Waals surface area contributed by atoms with E-state index in [1.807, 2.05) is 41.8 Å². The Bertz CT molecular complexity index is 750. The maximum Gasteiger partial charge on any atom is 0.124 e. The van der Waals surface area contributed by atoms with E-state index >= 15 is 0 Å². The first-order valence-corrected chi connectivity index (χ1v) is 7.82. The molecule has 0 spiro atoms. The predicted molar refractivity (Wildman–Crippen MR) is 88.0 cm³/mol. The average Bonchev–Trinajstić information content (AvgIpc) is 2.89. The summed E-state index contributed by atoms with van der Waals surface area (Å²) in [5.74, 6) is 0. The Hall–Kier alpha value is -1.06. The third kappa shape index (κ3) is 2.84. The highest BCUT2D eigenvalue weighted by molar-refractivity contribution is 7.13. The predicted octanol–water partition coefficient (Wildman–Crippen LogP) is 6.44. The van der Waals surface area contributed by atoms with Crippen LogP contribution in [0.1, 0.15) is 0 Å². The number of aromatic nitrogens is 1. The third-order valence-corrected chi connectivity index (χ3v) is 4.49. The van der Waals surface area contributed by atoms with E-state index in [4.69, 9.17) is 34.8 Å². The zero-order valence-electron chi connectivity index (χ0n) is 10.1. The molecule has 0 unspecified atom stereocenters. The van der Waals surface area contributed by atoms with Crippen molar-refractivity contribution in [3.8, 4) is 21.8 Å². The van der Waals surface area contributed by atoms with Crippen LogP contribution in [-0.2, 0) is 0 Å². The molecule has 3 rings (SSSR count). The molecule has 1 aromatic heterocycles. The van der Waals surface area contributed by atoms with Crippen LogP contribution < -0.4 is 0 Å². The van der Waals surface area contributed by atoms with Crippen molar-refractivity contribution < 1.29 is 0 Å². The van der Waals surface area contributed by atoms with Crippen LogP contribution >= 0.6 is 46.1 Å². The van der Waals surface area contributed by atoms with Crippen molar-refractivity contribution in [1.29, 1.82) is 0 Å². The van der Waals surface area contributed by atoms with Crippen molar-refractivity contribution in [3.05, 3.63) is 62.9 Å². The number of rotatable bonds is 2. The van der Waals surface area contributed by atoms with E-state index in [0.29, 0.717) is 15.1 Å². The van der Waals surface area contributed by atoms with Gasteiger partial charge < -0.3 is 0 Å². The van der Waals surface area contributed by atoms with Crippen molar-refractivity contribution in [2.45, 2.75) is 0 Å². The fourth-order valence-electron chi connectivity index (χ4n) is 1.82. The molecule has 0 saturated heterocycles. The fraction of sp³-hybridized carbons (Fsp3) is 0. The molecule has 0 amide bonds. The van der Waals surface area contributed by atoms with Gasteiger partial charge in [-0.2, -0.15) is 0 Å². The maximum atomic E-state index is 6.20. The van der Waals surface area contributed by atoms with E-state index in [2.05, 4.69) is 4.98 Å². The van der Waals surface area contributed by atoms with Crippen LogP contribution in [0.15, 0.2) is 47.8 Å². The van der Waals surface area contributed by atoms with Gasteiger partial charge in [0.25, 0.3) is 0 Å². The zero-order chi connectivity index (χ0) is 14.1. The smallest absolute Gasteiger partial charge is 0.124 e. The summed E-state index contributed by atoms with van der Waals surface area (Å²) < 4.78 is 0. The number of hydrogen-bond acceptors (Lipinski definition) is 2. The van der Waals surface area contributed by atoms with Crippen LogP contribution in [0.2, 0.25) is 15.1 Å². The summed E-state index contributed by atoms with van der Waals surface area (Å²) in [6, 6.07) is 13.0. The SMILES string of the molecule is Clc1ccc(-c2nc(-c3ccc(Cl)cc3Cl)cs2)cc1. The van der Waals surface area contributed by atoms with Crippen molar-refractivity contribution in [1.82, 2.24) is 4.98 Å². The summed E-state index contributed by atoms with van der Waals surface area (Å²) in [5.41, 5.74) is 2.77. The van der Waals surface area contributed by atoms with Crippen molar-refractivity contribution in [3.63, 3.8) is 0 Å².